The van der Waals surface area contributed by atoms with Gasteiger partial charge in [-0.1, -0.05) is 40.0 Å². The lowest BCUT2D eigenvalue weighted by molar-refractivity contribution is -0.144. The van der Waals surface area contributed by atoms with Gasteiger partial charge in [0.2, 0.25) is 58.2 Å². The van der Waals surface area contributed by atoms with Gasteiger partial charge in [0.05, 0.1) is 50.4 Å². The first-order valence-electron chi connectivity index (χ1n) is 23.7. The Balaban J connectivity index is 1.72. The Labute approximate surface area is 412 Å². The van der Waals surface area contributed by atoms with Gasteiger partial charge in [0.1, 0.15) is 41.7 Å². The first-order chi connectivity index (χ1) is 33.8. The predicted molar refractivity (Wildman–Crippen MR) is 254 cm³/mol. The highest BCUT2D eigenvalue weighted by Crippen LogP contribution is 2.32. The molecule has 0 radical (unpaired) electrons. The van der Waals surface area contributed by atoms with E-state index < -0.39 is 176 Å². The minimum Gasteiger partial charge on any atom is -0.610 e. The van der Waals surface area contributed by atoms with Crippen LogP contribution in [0.3, 0.4) is 0 Å². The number of nitrogens with two attached hydrogens (primary N) is 2. The number of nitrogens with zero attached hydrogens (tertiary/aromatic N) is 1. The van der Waals surface area contributed by atoms with Gasteiger partial charge in [-0.2, -0.15) is 0 Å². The summed E-state index contributed by atoms with van der Waals surface area (Å²) >= 11 is -2.36. The van der Waals surface area contributed by atoms with Gasteiger partial charge in [-0.3, -0.25) is 43.2 Å². The number of aliphatic hydroxyl groups is 3. The van der Waals surface area contributed by atoms with Crippen molar-refractivity contribution in [3.8, 4) is 5.75 Å². The van der Waals surface area contributed by atoms with E-state index in [-0.39, 0.29) is 10.6 Å². The van der Waals surface area contributed by atoms with Crippen LogP contribution in [0.15, 0.2) is 23.2 Å². The van der Waals surface area contributed by atoms with Crippen molar-refractivity contribution in [3.63, 3.8) is 0 Å². The fourth-order valence-corrected chi connectivity index (χ4v) is 9.97. The molecule has 26 heteroatoms. The van der Waals surface area contributed by atoms with E-state index in [1.165, 1.54) is 6.92 Å². The first kappa shape index (κ1) is 55.9. The van der Waals surface area contributed by atoms with Gasteiger partial charge < -0.3 is 83.2 Å². The molecule has 3 aliphatic heterocycles. The number of carbonyl (C=O) groups excluding carboxylic acids is 9. The second kappa shape index (κ2) is 25.9. The third-order valence-electron chi connectivity index (χ3n) is 12.9. The molecule has 3 aliphatic rings. The fourth-order valence-electron chi connectivity index (χ4n) is 8.57. The minimum absolute atomic E-state index is 0.102. The predicted octanol–water partition coefficient (Wildman–Crippen LogP) is -4.73. The third-order valence-corrected chi connectivity index (χ3v) is 14.3. The molecule has 0 aliphatic carbocycles. The molecule has 4 unspecified atom stereocenters. The van der Waals surface area contributed by atoms with Crippen LogP contribution in [0, 0.1) is 11.8 Å². The molecule has 4 heterocycles. The fraction of sp³-hybridized carbons (Fsp3) is 0.622. The van der Waals surface area contributed by atoms with E-state index in [2.05, 4.69) is 42.2 Å². The Morgan fingerprint density at radius 3 is 2.24 bits per heavy atom. The number of hydrogen-bond donors (Lipinski definition) is 13. The number of carbonyl (C=O) groups is 9. The number of hydrogen-bond acceptors (Lipinski definition) is 15. The lowest BCUT2D eigenvalue weighted by atomic mass is 9.93. The SMILES string of the molecule is CC[C@H](C)C1NC(=O)CNC(=O)C2Cc3c([nH]c4cc(OCCCCCCN)ccc34)[S@@+]([O-])CC(NC(=O)CNC1=O)C(=O)N[C@@H](CC(N)=O)C(=O)N1CC(O)C[C@H]1C(=O)N[C@@H]([C@@H](C)[C@@H](O)CO)C(=O)N2. The molecule has 2 bridgehead atoms. The molecular weight excluding hydrogens is 951 g/mol. The van der Waals surface area contributed by atoms with Crippen molar-refractivity contribution in [2.45, 2.75) is 126 Å². The number of nitrogens with one attached hydrogen (secondary N) is 8. The standard InChI is InChI=1S/C45H67N11O14S/c1-4-22(2)37-42(66)49-17-35(61)50-31-21-71(69)44-27(26-10-9-25(14-28(26)53-44)70-12-8-6-5-7-11-46)15-29(39(63)48-18-36(62)54-37)51-43(67)38(23(3)33(59)20-57)55-41(65)32-13-24(58)19-56(32)45(68)30(16-34(47)60)52-40(31)64/h9-10,14,22-24,29-33,37-38,53,57-59H,4-8,11-13,15-21,46H2,1-3H3,(H2,47,60)(H,48,63)(H,49,66)(H,50,61)(H,51,67)(H,52,64)(H,54,62)(H,55,65)/t22-,23-,24?,29?,30-,31?,32-,33-,37?,38-,71-/m0/s1. The monoisotopic (exact) mass is 1020 g/mol. The van der Waals surface area contributed by atoms with E-state index in [1.54, 1.807) is 32.0 Å². The highest BCUT2D eigenvalue weighted by atomic mass is 32.2. The Kier molecular flexibility index (Phi) is 20.4. The van der Waals surface area contributed by atoms with Gasteiger partial charge in [-0.05, 0) is 37.4 Å². The summed E-state index contributed by atoms with van der Waals surface area (Å²) in [5.74, 6) is -11.2. The normalized spacial score (nSPS) is 26.8. The molecule has 0 saturated carbocycles. The maximum atomic E-state index is 14.9. The topological polar surface area (TPSA) is 402 Å². The third kappa shape index (κ3) is 14.8. The van der Waals surface area contributed by atoms with Crippen molar-refractivity contribution in [1.82, 2.24) is 47.1 Å². The van der Waals surface area contributed by atoms with Crippen LogP contribution in [0.1, 0.15) is 71.3 Å². The molecule has 1 aromatic heterocycles. The van der Waals surface area contributed by atoms with E-state index in [0.717, 1.165) is 30.6 Å². The number of aromatic nitrogens is 1. The Bertz CT molecular complexity index is 2280. The second-order valence-electron chi connectivity index (χ2n) is 18.2. The van der Waals surface area contributed by atoms with Gasteiger partial charge >= 0.3 is 0 Å². The molecule has 25 nitrogen and oxygen atoms in total. The summed E-state index contributed by atoms with van der Waals surface area (Å²) < 4.78 is 20.9. The molecule has 1 saturated heterocycles. The van der Waals surface area contributed by atoms with Crippen LogP contribution in [-0.2, 0) is 60.7 Å². The average Bonchev–Trinajstić information content (AvgIpc) is 3.91. The van der Waals surface area contributed by atoms with Crippen LogP contribution in [-0.4, -0.2) is 177 Å². The summed E-state index contributed by atoms with van der Waals surface area (Å²) in [7, 11) is 0. The summed E-state index contributed by atoms with van der Waals surface area (Å²) in [4.78, 5) is 129. The highest BCUT2D eigenvalue weighted by Gasteiger charge is 2.45. The molecule has 1 fully saturated rings. The number of unbranched alkanes of at least 4 members (excludes halogenated alkanes) is 3. The number of rotatable bonds is 14. The Hall–Kier alpha value is -6.06. The molecule has 5 rings (SSSR count). The quantitative estimate of drug-likeness (QED) is 0.0625. The molecule has 15 N–H and O–H groups in total. The van der Waals surface area contributed by atoms with Crippen LogP contribution < -0.4 is 53.4 Å². The zero-order valence-corrected chi connectivity index (χ0v) is 40.8. The number of H-pyrrole nitrogens is 1. The lowest BCUT2D eigenvalue weighted by Crippen LogP contribution is -2.62. The summed E-state index contributed by atoms with van der Waals surface area (Å²) in [6, 6.07) is -5.04. The lowest BCUT2D eigenvalue weighted by Gasteiger charge is -2.32. The molecule has 1 aromatic carbocycles. The average molecular weight is 1020 g/mol. The Morgan fingerprint density at radius 1 is 0.873 bits per heavy atom. The number of fused-ring (bicyclic) bond motifs is 5. The van der Waals surface area contributed by atoms with Gasteiger partial charge in [0, 0.05) is 53.5 Å². The summed E-state index contributed by atoms with van der Waals surface area (Å²) in [5, 5.41) is 49.2. The molecule has 392 valence electrons. The maximum absolute atomic E-state index is 14.9. The van der Waals surface area contributed by atoms with Crippen molar-refractivity contribution in [2.75, 3.05) is 45.1 Å². The van der Waals surface area contributed by atoms with E-state index in [0.29, 0.717) is 36.2 Å². The minimum atomic E-state index is -2.36. The summed E-state index contributed by atoms with van der Waals surface area (Å²) in [5.41, 5.74) is 11.6. The highest BCUT2D eigenvalue weighted by molar-refractivity contribution is 7.91. The number of amides is 9. The van der Waals surface area contributed by atoms with Crippen molar-refractivity contribution >= 4 is 75.2 Å². The van der Waals surface area contributed by atoms with Crippen molar-refractivity contribution in [3.05, 3.63) is 23.8 Å². The van der Waals surface area contributed by atoms with E-state index >= 15 is 0 Å². The van der Waals surface area contributed by atoms with E-state index in [9.17, 15) is 63.0 Å². The van der Waals surface area contributed by atoms with Gasteiger partial charge in [0.15, 0.2) is 6.04 Å². The molecule has 9 amide bonds. The van der Waals surface area contributed by atoms with E-state index in [4.69, 9.17) is 16.2 Å². The zero-order valence-electron chi connectivity index (χ0n) is 40.0. The van der Waals surface area contributed by atoms with Crippen LogP contribution in [0.4, 0.5) is 0 Å². The molecular formula is C45H67N11O14S. The number of aliphatic hydroxyl groups excluding tert-OH is 3. The number of aromatic amines is 1. The number of primary amides is 1. The molecule has 2 aromatic rings. The van der Waals surface area contributed by atoms with Crippen LogP contribution in [0.25, 0.3) is 10.9 Å². The number of benzene rings is 1. The van der Waals surface area contributed by atoms with Crippen molar-refractivity contribution < 1.29 is 67.8 Å². The second-order valence-corrected chi connectivity index (χ2v) is 19.6. The van der Waals surface area contributed by atoms with Crippen LogP contribution >= 0.6 is 0 Å². The van der Waals surface area contributed by atoms with Gasteiger partial charge in [-0.15, -0.1) is 0 Å². The van der Waals surface area contributed by atoms with Gasteiger partial charge in [-0.25, -0.2) is 0 Å². The molecule has 0 spiro atoms. The number of ether oxygens (including phenoxy) is 1. The van der Waals surface area contributed by atoms with Gasteiger partial charge in [0.25, 0.3) is 0 Å². The summed E-state index contributed by atoms with van der Waals surface area (Å²) in [6.07, 6.45) is -1.00. The van der Waals surface area contributed by atoms with Crippen LogP contribution in [0.2, 0.25) is 0 Å². The molecule has 71 heavy (non-hydrogen) atoms. The van der Waals surface area contributed by atoms with Crippen LogP contribution in [0.5, 0.6) is 5.75 Å². The largest absolute Gasteiger partial charge is 0.610 e. The van der Waals surface area contributed by atoms with Crippen molar-refractivity contribution in [2.24, 2.45) is 23.3 Å². The zero-order chi connectivity index (χ0) is 52.1. The maximum Gasteiger partial charge on any atom is 0.248 e. The Morgan fingerprint density at radius 2 is 1.56 bits per heavy atom. The first-order valence-corrected chi connectivity index (χ1v) is 25.0. The van der Waals surface area contributed by atoms with Crippen molar-refractivity contribution in [1.29, 1.82) is 0 Å². The van der Waals surface area contributed by atoms with E-state index in [1.807, 2.05) is 0 Å². The smallest absolute Gasteiger partial charge is 0.248 e. The summed E-state index contributed by atoms with van der Waals surface area (Å²) in [6.45, 7) is 2.75. The molecule has 11 atom stereocenters.